The number of amides is 4. The molecule has 1 heterocycles. The Balaban J connectivity index is 1.64. The fraction of sp³-hybridized carbons (Fsp3) is 0.148. The molecule has 1 N–H and O–H groups in total. The number of ether oxygens (including phenoxy) is 2. The monoisotopic (exact) mass is 627 g/mol. The van der Waals surface area contributed by atoms with E-state index in [2.05, 4.69) is 5.32 Å². The molecular formula is C27H22IN3O7. The van der Waals surface area contributed by atoms with Gasteiger partial charge in [0.05, 0.1) is 21.3 Å². The SMILES string of the molecule is COc1cc(/C=C2\C(=O)NC(=O)N(c3ccc(C)cc3C)C2=O)cc(I)c1OCc1cccc([N+](=O)[O-])c1. The van der Waals surface area contributed by atoms with Crippen molar-refractivity contribution in [2.24, 2.45) is 0 Å². The highest BCUT2D eigenvalue weighted by molar-refractivity contribution is 14.1. The van der Waals surface area contributed by atoms with E-state index in [1.54, 1.807) is 43.3 Å². The average Bonchev–Trinajstić information content (AvgIpc) is 2.86. The summed E-state index contributed by atoms with van der Waals surface area (Å²) in [4.78, 5) is 50.0. The molecule has 0 radical (unpaired) electrons. The van der Waals surface area contributed by atoms with Crippen LogP contribution in [0, 0.1) is 27.5 Å². The molecule has 0 aliphatic carbocycles. The van der Waals surface area contributed by atoms with Crippen molar-refractivity contribution in [3.05, 3.63) is 96.1 Å². The first-order valence-corrected chi connectivity index (χ1v) is 12.4. The number of hydrogen-bond donors (Lipinski definition) is 1. The normalized spacial score (nSPS) is 14.5. The number of barbiturate groups is 1. The van der Waals surface area contributed by atoms with Crippen LogP contribution < -0.4 is 19.7 Å². The molecule has 0 bridgehead atoms. The number of rotatable bonds is 7. The Hall–Kier alpha value is -4.26. The third kappa shape index (κ3) is 5.52. The maximum atomic E-state index is 13.3. The number of nitro groups is 1. The van der Waals surface area contributed by atoms with Crippen molar-refractivity contribution in [2.45, 2.75) is 20.5 Å². The molecule has 1 fully saturated rings. The van der Waals surface area contributed by atoms with Gasteiger partial charge in [-0.25, -0.2) is 9.69 Å². The number of methoxy groups -OCH3 is 1. The number of nitrogens with zero attached hydrogens (tertiary/aromatic N) is 2. The van der Waals surface area contributed by atoms with Gasteiger partial charge in [-0.05, 0) is 77.4 Å². The first-order valence-electron chi connectivity index (χ1n) is 11.3. The van der Waals surface area contributed by atoms with Crippen LogP contribution in [0.15, 0.2) is 60.2 Å². The predicted octanol–water partition coefficient (Wildman–Crippen LogP) is 5.07. The van der Waals surface area contributed by atoms with Crippen molar-refractivity contribution >= 4 is 57.9 Å². The molecule has 4 amide bonds. The molecule has 3 aromatic carbocycles. The van der Waals surface area contributed by atoms with Crippen molar-refractivity contribution < 1.29 is 28.8 Å². The minimum atomic E-state index is -0.818. The molecule has 0 unspecified atom stereocenters. The number of imide groups is 2. The van der Waals surface area contributed by atoms with Crippen molar-refractivity contribution in [1.29, 1.82) is 0 Å². The summed E-state index contributed by atoms with van der Waals surface area (Å²) in [7, 11) is 1.45. The fourth-order valence-electron chi connectivity index (χ4n) is 3.98. The van der Waals surface area contributed by atoms with Crippen molar-refractivity contribution in [3.63, 3.8) is 0 Å². The average molecular weight is 627 g/mol. The number of nitro benzene ring substituents is 1. The number of nitrogens with one attached hydrogen (secondary N) is 1. The third-order valence-electron chi connectivity index (χ3n) is 5.76. The standard InChI is InChI=1S/C27H22IN3O7/c1-15-7-8-22(16(2)9-15)30-26(33)20(25(32)29-27(30)34)11-18-12-21(28)24(23(13-18)37-3)38-14-17-5-4-6-19(10-17)31(35)36/h4-13H,14H2,1-3H3,(H,29,32,34)/b20-11+. The molecule has 11 heteroatoms. The number of carbonyl (C=O) groups excluding carboxylic acids is 3. The van der Waals surface area contributed by atoms with Gasteiger partial charge in [0, 0.05) is 12.1 Å². The van der Waals surface area contributed by atoms with Gasteiger partial charge in [-0.2, -0.15) is 0 Å². The van der Waals surface area contributed by atoms with Crippen LogP contribution in [-0.4, -0.2) is 29.9 Å². The van der Waals surface area contributed by atoms with E-state index in [0.29, 0.717) is 37.4 Å². The lowest BCUT2D eigenvalue weighted by atomic mass is 10.0. The van der Waals surface area contributed by atoms with Crippen LogP contribution in [0.5, 0.6) is 11.5 Å². The molecule has 0 spiro atoms. The van der Waals surface area contributed by atoms with E-state index in [4.69, 9.17) is 9.47 Å². The largest absolute Gasteiger partial charge is 0.493 e. The van der Waals surface area contributed by atoms with Gasteiger partial charge in [0.1, 0.15) is 12.2 Å². The molecule has 1 saturated heterocycles. The number of anilines is 1. The summed E-state index contributed by atoms with van der Waals surface area (Å²) < 4.78 is 12.0. The van der Waals surface area contributed by atoms with Crippen LogP contribution >= 0.6 is 22.6 Å². The predicted molar refractivity (Wildman–Crippen MR) is 148 cm³/mol. The van der Waals surface area contributed by atoms with E-state index >= 15 is 0 Å². The molecule has 38 heavy (non-hydrogen) atoms. The summed E-state index contributed by atoms with van der Waals surface area (Å²) in [6, 6.07) is 13.9. The first-order chi connectivity index (χ1) is 18.1. The third-order valence-corrected chi connectivity index (χ3v) is 6.56. The highest BCUT2D eigenvalue weighted by Gasteiger charge is 2.37. The molecule has 3 aromatic rings. The Bertz CT molecular complexity index is 1520. The van der Waals surface area contributed by atoms with Crippen LogP contribution in [0.1, 0.15) is 22.3 Å². The van der Waals surface area contributed by atoms with Gasteiger partial charge in [-0.1, -0.05) is 29.8 Å². The number of non-ortho nitro benzene ring substituents is 1. The van der Waals surface area contributed by atoms with Gasteiger partial charge in [-0.3, -0.25) is 25.0 Å². The molecule has 0 aromatic heterocycles. The summed E-state index contributed by atoms with van der Waals surface area (Å²) in [5.41, 5.74) is 2.88. The van der Waals surface area contributed by atoms with Crippen LogP contribution in [0.4, 0.5) is 16.2 Å². The number of benzene rings is 3. The number of halogens is 1. The second kappa shape index (κ2) is 11.0. The van der Waals surface area contributed by atoms with Gasteiger partial charge in [0.15, 0.2) is 11.5 Å². The summed E-state index contributed by atoms with van der Waals surface area (Å²) in [6.07, 6.45) is 1.38. The van der Waals surface area contributed by atoms with E-state index in [-0.39, 0.29) is 17.9 Å². The first kappa shape index (κ1) is 26.8. The van der Waals surface area contributed by atoms with Crippen LogP contribution in [-0.2, 0) is 16.2 Å². The second-order valence-electron chi connectivity index (χ2n) is 8.50. The molecule has 10 nitrogen and oxygen atoms in total. The molecule has 194 valence electrons. The number of hydrogen-bond acceptors (Lipinski definition) is 7. The van der Waals surface area contributed by atoms with Gasteiger partial charge in [0.2, 0.25) is 0 Å². The summed E-state index contributed by atoms with van der Waals surface area (Å²) >= 11 is 2.03. The Morgan fingerprint density at radius 3 is 2.53 bits per heavy atom. The minimum absolute atomic E-state index is 0.0430. The Kier molecular flexibility index (Phi) is 7.76. The highest BCUT2D eigenvalue weighted by Crippen LogP contribution is 2.36. The van der Waals surface area contributed by atoms with Crippen LogP contribution in [0.2, 0.25) is 0 Å². The summed E-state index contributed by atoms with van der Waals surface area (Å²) in [6.45, 7) is 3.74. The zero-order valence-corrected chi connectivity index (χ0v) is 22.8. The summed E-state index contributed by atoms with van der Waals surface area (Å²) in [5.74, 6) is -0.819. The van der Waals surface area contributed by atoms with Crippen molar-refractivity contribution in [2.75, 3.05) is 12.0 Å². The minimum Gasteiger partial charge on any atom is -0.493 e. The number of aryl methyl sites for hydroxylation is 2. The molecule has 0 atom stereocenters. The van der Waals surface area contributed by atoms with Crippen molar-refractivity contribution in [3.8, 4) is 11.5 Å². The van der Waals surface area contributed by atoms with Gasteiger partial charge >= 0.3 is 6.03 Å². The van der Waals surface area contributed by atoms with Crippen LogP contribution in [0.3, 0.4) is 0 Å². The second-order valence-corrected chi connectivity index (χ2v) is 9.66. The number of urea groups is 1. The van der Waals surface area contributed by atoms with Gasteiger partial charge < -0.3 is 9.47 Å². The molecule has 0 saturated carbocycles. The Morgan fingerprint density at radius 2 is 1.84 bits per heavy atom. The number of carbonyl (C=O) groups is 3. The van der Waals surface area contributed by atoms with E-state index in [9.17, 15) is 24.5 Å². The quantitative estimate of drug-likeness (QED) is 0.127. The summed E-state index contributed by atoms with van der Waals surface area (Å²) in [5, 5.41) is 13.3. The van der Waals surface area contributed by atoms with E-state index in [1.807, 2.05) is 35.6 Å². The maximum Gasteiger partial charge on any atom is 0.335 e. The van der Waals surface area contributed by atoms with Crippen molar-refractivity contribution in [1.82, 2.24) is 5.32 Å². The van der Waals surface area contributed by atoms with Gasteiger partial charge in [0.25, 0.3) is 17.5 Å². The van der Waals surface area contributed by atoms with Crippen LogP contribution in [0.25, 0.3) is 6.08 Å². The van der Waals surface area contributed by atoms with E-state index in [0.717, 1.165) is 10.5 Å². The topological polar surface area (TPSA) is 128 Å². The van der Waals surface area contributed by atoms with E-state index < -0.39 is 22.8 Å². The zero-order chi connectivity index (χ0) is 27.6. The maximum absolute atomic E-state index is 13.3. The highest BCUT2D eigenvalue weighted by atomic mass is 127. The molecule has 4 rings (SSSR count). The van der Waals surface area contributed by atoms with Gasteiger partial charge in [-0.15, -0.1) is 0 Å². The molecule has 1 aliphatic heterocycles. The Labute approximate surface area is 231 Å². The lowest BCUT2D eigenvalue weighted by molar-refractivity contribution is -0.384. The molecular weight excluding hydrogens is 605 g/mol. The zero-order valence-electron chi connectivity index (χ0n) is 20.6. The molecule has 1 aliphatic rings. The lowest BCUT2D eigenvalue weighted by Gasteiger charge is -2.27. The Morgan fingerprint density at radius 1 is 1.08 bits per heavy atom. The fourth-order valence-corrected chi connectivity index (χ4v) is 4.76. The van der Waals surface area contributed by atoms with E-state index in [1.165, 1.54) is 25.3 Å². The lowest BCUT2D eigenvalue weighted by Crippen LogP contribution is -2.54. The smallest absolute Gasteiger partial charge is 0.335 e.